The second kappa shape index (κ2) is 9.65. The number of nitrogens with two attached hydrogens (primary N) is 1. The zero-order chi connectivity index (χ0) is 26.1. The van der Waals surface area contributed by atoms with Crippen molar-refractivity contribution < 1.29 is 34.5 Å². The van der Waals surface area contributed by atoms with E-state index >= 15 is 0 Å². The highest BCUT2D eigenvalue weighted by Gasteiger charge is 2.33. The van der Waals surface area contributed by atoms with Crippen molar-refractivity contribution in [2.75, 3.05) is 11.5 Å². The summed E-state index contributed by atoms with van der Waals surface area (Å²) in [5, 5.41) is 7.62. The molecule has 3 aromatic rings. The molecule has 2 aromatic carbocycles. The van der Waals surface area contributed by atoms with Gasteiger partial charge in [-0.05, 0) is 55.0 Å². The predicted molar refractivity (Wildman–Crippen MR) is 132 cm³/mol. The third-order valence-corrected chi connectivity index (χ3v) is 9.97. The van der Waals surface area contributed by atoms with Crippen LogP contribution in [-0.2, 0) is 34.5 Å². The normalized spacial score (nSPS) is 18.1. The van der Waals surface area contributed by atoms with Gasteiger partial charge in [-0.1, -0.05) is 18.2 Å². The standard InChI is InChI=1S/C23H22N2O8S3/c24-36(31,32)20-9-6-16(7-10-20)21-11-8-18(33-21)14-22(35(29,30)19-4-2-1-3-5-19)23(26)25-17-12-13-34(27,28)15-17/h1-11,14,17H,12-13,15H2,(H,25,26)(H2,24,31,32). The van der Waals surface area contributed by atoms with Crippen LogP contribution >= 0.6 is 0 Å². The maximum atomic E-state index is 13.3. The molecular formula is C23H22N2O8S3. The summed E-state index contributed by atoms with van der Waals surface area (Å²) in [6.45, 7) is 0. The number of sulfonamides is 1. The highest BCUT2D eigenvalue weighted by Crippen LogP contribution is 2.27. The molecule has 190 valence electrons. The van der Waals surface area contributed by atoms with Gasteiger partial charge in [0.15, 0.2) is 9.84 Å². The van der Waals surface area contributed by atoms with E-state index in [2.05, 4.69) is 5.32 Å². The Labute approximate surface area is 208 Å². The molecule has 1 amide bonds. The summed E-state index contributed by atoms with van der Waals surface area (Å²) < 4.78 is 78.8. The van der Waals surface area contributed by atoms with Gasteiger partial charge in [0, 0.05) is 17.7 Å². The molecule has 0 radical (unpaired) electrons. The minimum absolute atomic E-state index is 0.0456. The number of carbonyl (C=O) groups excluding carboxylic acids is 1. The molecular weight excluding hydrogens is 528 g/mol. The summed E-state index contributed by atoms with van der Waals surface area (Å²) in [6.07, 6.45) is 1.26. The molecule has 1 aromatic heterocycles. The molecule has 36 heavy (non-hydrogen) atoms. The van der Waals surface area contributed by atoms with Crippen molar-refractivity contribution >= 4 is 41.7 Å². The highest BCUT2D eigenvalue weighted by molar-refractivity contribution is 7.96. The molecule has 1 saturated heterocycles. The Morgan fingerprint density at radius 3 is 2.19 bits per heavy atom. The van der Waals surface area contributed by atoms with Gasteiger partial charge >= 0.3 is 0 Å². The second-order valence-corrected chi connectivity index (χ2v) is 13.9. The Kier molecular flexibility index (Phi) is 6.92. The van der Waals surface area contributed by atoms with Crippen LogP contribution in [0.25, 0.3) is 17.4 Å². The van der Waals surface area contributed by atoms with E-state index in [-0.39, 0.29) is 33.5 Å². The molecule has 1 aliphatic heterocycles. The number of furan rings is 1. The summed E-state index contributed by atoms with van der Waals surface area (Å²) in [4.78, 5) is 12.3. The molecule has 0 spiro atoms. The van der Waals surface area contributed by atoms with Gasteiger partial charge in [0.25, 0.3) is 5.91 Å². The number of hydrogen-bond donors (Lipinski definition) is 2. The molecule has 2 heterocycles. The SMILES string of the molecule is NS(=O)(=O)c1ccc(-c2ccc(C=C(C(=O)NC3CCS(=O)(=O)C3)S(=O)(=O)c3ccccc3)o2)cc1. The fourth-order valence-electron chi connectivity index (χ4n) is 3.68. The van der Waals surface area contributed by atoms with E-state index in [0.29, 0.717) is 11.3 Å². The molecule has 3 N–H and O–H groups in total. The molecule has 1 unspecified atom stereocenters. The Hall–Kier alpha value is -3.26. The Bertz CT molecular complexity index is 1640. The monoisotopic (exact) mass is 550 g/mol. The smallest absolute Gasteiger partial charge is 0.263 e. The van der Waals surface area contributed by atoms with Crippen LogP contribution in [0.2, 0.25) is 0 Å². The Balaban J connectivity index is 1.69. The van der Waals surface area contributed by atoms with Crippen molar-refractivity contribution in [3.8, 4) is 11.3 Å². The molecule has 10 nitrogen and oxygen atoms in total. The first-order chi connectivity index (χ1) is 16.8. The first kappa shape index (κ1) is 25.8. The van der Waals surface area contributed by atoms with E-state index in [1.165, 1.54) is 60.7 Å². The Morgan fingerprint density at radius 1 is 0.944 bits per heavy atom. The van der Waals surface area contributed by atoms with Crippen LogP contribution in [0, 0.1) is 0 Å². The van der Waals surface area contributed by atoms with Gasteiger partial charge in [0.1, 0.15) is 16.4 Å². The first-order valence-corrected chi connectivity index (χ1v) is 15.5. The number of primary sulfonamides is 1. The number of rotatable bonds is 7. The highest BCUT2D eigenvalue weighted by atomic mass is 32.2. The number of sulfone groups is 2. The van der Waals surface area contributed by atoms with Crippen LogP contribution in [-0.4, -0.2) is 48.7 Å². The molecule has 4 rings (SSSR count). The quantitative estimate of drug-likeness (QED) is 0.419. The largest absolute Gasteiger partial charge is 0.457 e. The number of nitrogens with one attached hydrogen (secondary N) is 1. The molecule has 0 saturated carbocycles. The van der Waals surface area contributed by atoms with Crippen LogP contribution < -0.4 is 10.5 Å². The molecule has 1 fully saturated rings. The average Bonchev–Trinajstić information content (AvgIpc) is 3.43. The minimum Gasteiger partial charge on any atom is -0.457 e. The van der Waals surface area contributed by atoms with Gasteiger partial charge in [-0.3, -0.25) is 4.79 Å². The van der Waals surface area contributed by atoms with E-state index < -0.39 is 46.6 Å². The van der Waals surface area contributed by atoms with Crippen molar-refractivity contribution in [3.05, 3.63) is 77.4 Å². The summed E-state index contributed by atoms with van der Waals surface area (Å²) in [5.41, 5.74) is 0.495. The fourth-order valence-corrected chi connectivity index (χ4v) is 7.21. The predicted octanol–water partition coefficient (Wildman–Crippen LogP) is 1.71. The van der Waals surface area contributed by atoms with Gasteiger partial charge in [-0.2, -0.15) is 0 Å². The average molecular weight is 551 g/mol. The van der Waals surface area contributed by atoms with E-state index in [9.17, 15) is 30.0 Å². The number of carbonyl (C=O) groups is 1. The summed E-state index contributed by atoms with van der Waals surface area (Å²) >= 11 is 0. The van der Waals surface area contributed by atoms with Crippen LogP contribution in [0.15, 0.2) is 85.8 Å². The lowest BCUT2D eigenvalue weighted by Crippen LogP contribution is -2.38. The summed E-state index contributed by atoms with van der Waals surface area (Å²) in [5.74, 6) is -0.966. The minimum atomic E-state index is -4.29. The van der Waals surface area contributed by atoms with E-state index in [1.807, 2.05) is 0 Å². The number of amides is 1. The number of benzene rings is 2. The van der Waals surface area contributed by atoms with Crippen molar-refractivity contribution in [1.29, 1.82) is 0 Å². The summed E-state index contributed by atoms with van der Waals surface area (Å²) in [7, 11) is -11.5. The molecule has 1 aliphatic rings. The van der Waals surface area contributed by atoms with Crippen molar-refractivity contribution in [3.63, 3.8) is 0 Å². The van der Waals surface area contributed by atoms with E-state index in [4.69, 9.17) is 9.56 Å². The van der Waals surface area contributed by atoms with Crippen LogP contribution in [0.3, 0.4) is 0 Å². The first-order valence-electron chi connectivity index (χ1n) is 10.6. The lowest BCUT2D eigenvalue weighted by molar-refractivity contribution is -0.117. The van der Waals surface area contributed by atoms with E-state index in [0.717, 1.165) is 6.08 Å². The van der Waals surface area contributed by atoms with Crippen LogP contribution in [0.4, 0.5) is 0 Å². The van der Waals surface area contributed by atoms with Gasteiger partial charge in [-0.15, -0.1) is 0 Å². The van der Waals surface area contributed by atoms with Gasteiger partial charge in [0.2, 0.25) is 19.9 Å². The second-order valence-electron chi connectivity index (χ2n) is 8.17. The maximum absolute atomic E-state index is 13.3. The summed E-state index contributed by atoms with van der Waals surface area (Å²) in [6, 6.07) is 15.2. The van der Waals surface area contributed by atoms with Crippen LogP contribution in [0.1, 0.15) is 12.2 Å². The Morgan fingerprint density at radius 2 is 1.61 bits per heavy atom. The fraction of sp³-hybridized carbons (Fsp3) is 0.174. The maximum Gasteiger partial charge on any atom is 0.263 e. The lowest BCUT2D eigenvalue weighted by Gasteiger charge is -2.14. The molecule has 0 aliphatic carbocycles. The van der Waals surface area contributed by atoms with Crippen molar-refractivity contribution in [2.24, 2.45) is 5.14 Å². The van der Waals surface area contributed by atoms with Crippen molar-refractivity contribution in [2.45, 2.75) is 22.3 Å². The van der Waals surface area contributed by atoms with Gasteiger partial charge in [0.05, 0.1) is 21.3 Å². The van der Waals surface area contributed by atoms with Crippen molar-refractivity contribution in [1.82, 2.24) is 5.32 Å². The zero-order valence-electron chi connectivity index (χ0n) is 18.7. The van der Waals surface area contributed by atoms with Gasteiger partial charge in [-0.25, -0.2) is 30.4 Å². The molecule has 0 bridgehead atoms. The van der Waals surface area contributed by atoms with Crippen LogP contribution in [0.5, 0.6) is 0 Å². The lowest BCUT2D eigenvalue weighted by atomic mass is 10.2. The third-order valence-electron chi connectivity index (χ3n) is 5.50. The molecule has 1 atom stereocenters. The van der Waals surface area contributed by atoms with Gasteiger partial charge < -0.3 is 9.73 Å². The zero-order valence-corrected chi connectivity index (χ0v) is 21.1. The number of hydrogen-bond acceptors (Lipinski definition) is 8. The topological polar surface area (TPSA) is 171 Å². The third kappa shape index (κ3) is 5.75. The van der Waals surface area contributed by atoms with E-state index in [1.54, 1.807) is 6.07 Å². The molecule has 13 heteroatoms.